The number of halogens is 4. The molecule has 6 fully saturated rings. The number of nitrogens with one attached hydrogen (secondary N) is 4. The third kappa shape index (κ3) is 18.3. The highest BCUT2D eigenvalue weighted by atomic mass is 35.5. The summed E-state index contributed by atoms with van der Waals surface area (Å²) in [5.74, 6) is -9.53. The maximum Gasteiger partial charge on any atom is 0.393 e. The topological polar surface area (TPSA) is 259 Å². The molecule has 4 saturated carbocycles. The summed E-state index contributed by atoms with van der Waals surface area (Å²) >= 11 is 6.36. The largest absolute Gasteiger partial charge is 0.393 e. The molecule has 0 radical (unpaired) electrons. The second-order valence-electron chi connectivity index (χ2n) is 27.6. The van der Waals surface area contributed by atoms with Crippen molar-refractivity contribution in [3.8, 4) is 0 Å². The van der Waals surface area contributed by atoms with Gasteiger partial charge in [0.2, 0.25) is 65.0 Å². The second kappa shape index (κ2) is 32.2. The van der Waals surface area contributed by atoms with E-state index in [1.807, 2.05) is 6.92 Å². The lowest BCUT2D eigenvalue weighted by atomic mass is 9.78. The highest BCUT2D eigenvalue weighted by molar-refractivity contribution is 6.20. The van der Waals surface area contributed by atoms with Crippen molar-refractivity contribution in [3.05, 3.63) is 0 Å². The number of hydrogen-bond acceptors (Lipinski definition) is 11. The van der Waals surface area contributed by atoms with Crippen LogP contribution in [0.1, 0.15) is 176 Å². The van der Waals surface area contributed by atoms with E-state index in [0.29, 0.717) is 38.5 Å². The third-order valence-electron chi connectivity index (χ3n) is 20.6. The van der Waals surface area contributed by atoms with Crippen LogP contribution in [0.25, 0.3) is 0 Å². The van der Waals surface area contributed by atoms with Crippen LogP contribution in [0.3, 0.4) is 0 Å². The standard InChI is InChI=1S/C64H103ClF3N11O11/c1-12-39(4)53-61(89)75(8)36-51(82)73(6)37-52(83)76(9)48(34-41-20-14-13-15-21-41)60(88)74(7)35-49(80)70-46(28-26-42-25-27-44(45(65)33-42)64(66,67)68)59(87)79-31-19-24-47(79)56(84)72-63(29-16-17-30-63)62(90)78(11)54(38(2)3)57(85)69-40(5)32-50(81)77(10)55(58(86)71-53)43-22-18-23-43/h38-48,53-55H,12-37H2,1-11H3,(H,69,85)(H,70,80)(H,71,86)(H,72,84)/t39-,40+,42?,44?,45?,46-,47-,48-,53-,54-,55-/m0/s1. The van der Waals surface area contributed by atoms with Crippen molar-refractivity contribution >= 4 is 76.6 Å². The molecule has 6 rings (SSSR count). The number of likely N-dealkylation sites (N-methyl/N-ethyl adjacent to an activating group) is 6. The minimum atomic E-state index is -4.49. The van der Waals surface area contributed by atoms with Crippen LogP contribution in [0, 0.1) is 35.5 Å². The van der Waals surface area contributed by atoms with Crippen molar-refractivity contribution < 1.29 is 65.9 Å². The van der Waals surface area contributed by atoms with Gasteiger partial charge in [0.15, 0.2) is 0 Å². The van der Waals surface area contributed by atoms with Crippen LogP contribution in [0.2, 0.25) is 0 Å². The molecule has 11 atom stereocenters. The molecule has 0 aromatic rings. The molecule has 11 amide bonds. The van der Waals surface area contributed by atoms with E-state index in [-0.39, 0.29) is 88.5 Å². The summed E-state index contributed by atoms with van der Waals surface area (Å²) in [7, 11) is 8.69. The summed E-state index contributed by atoms with van der Waals surface area (Å²) in [5, 5.41) is 10.5. The molecule has 90 heavy (non-hydrogen) atoms. The quantitative estimate of drug-likeness (QED) is 0.224. The SMILES string of the molecule is CC[C@H](C)[C@@H]1NC(=O)[C@H](C2CCC2)N(C)C(=O)C[C@@H](C)NC(=O)[C@H](C(C)C)N(C)C(=O)C2(CCCC2)NC(=O)[C@@H]2CCCN2C(=O)[C@H](CCC2CCC(C(F)(F)F)C(Cl)C2)NC(=O)CN(C)C(=O)[C@H](CC2CCCCC2)N(C)C(=O)CN(C)C(=O)CN(C)C1=O. The molecule has 1 spiro atoms. The summed E-state index contributed by atoms with van der Waals surface area (Å²) in [6, 6.07) is -7.44. The van der Waals surface area contributed by atoms with E-state index in [1.165, 1.54) is 66.8 Å². The van der Waals surface area contributed by atoms with Crippen LogP contribution in [0.5, 0.6) is 0 Å². The van der Waals surface area contributed by atoms with Crippen molar-refractivity contribution in [2.75, 3.05) is 68.5 Å². The van der Waals surface area contributed by atoms with E-state index < -0.39 is 162 Å². The molecule has 2 aliphatic heterocycles. The first-order chi connectivity index (χ1) is 42.3. The van der Waals surface area contributed by atoms with Gasteiger partial charge >= 0.3 is 6.18 Å². The van der Waals surface area contributed by atoms with E-state index in [0.717, 1.165) is 48.3 Å². The summed E-state index contributed by atoms with van der Waals surface area (Å²) < 4.78 is 41.7. The van der Waals surface area contributed by atoms with E-state index in [4.69, 9.17) is 11.6 Å². The molecular weight excluding hydrogens is 1190 g/mol. The molecule has 3 unspecified atom stereocenters. The smallest absolute Gasteiger partial charge is 0.351 e. The van der Waals surface area contributed by atoms with Crippen molar-refractivity contribution in [3.63, 3.8) is 0 Å². The predicted molar refractivity (Wildman–Crippen MR) is 331 cm³/mol. The second-order valence-corrected chi connectivity index (χ2v) is 28.2. The monoisotopic (exact) mass is 1290 g/mol. The van der Waals surface area contributed by atoms with Gasteiger partial charge in [-0.15, -0.1) is 11.6 Å². The maximum absolute atomic E-state index is 15.0. The summed E-state index contributed by atoms with van der Waals surface area (Å²) in [5.41, 5.74) is -1.47. The highest BCUT2D eigenvalue weighted by Gasteiger charge is 2.51. The van der Waals surface area contributed by atoms with Crippen molar-refractivity contribution in [1.29, 1.82) is 0 Å². The Kier molecular flexibility index (Phi) is 26.2. The van der Waals surface area contributed by atoms with Crippen LogP contribution < -0.4 is 21.3 Å². The molecule has 0 aromatic carbocycles. The van der Waals surface area contributed by atoms with Gasteiger partial charge in [-0.2, -0.15) is 13.2 Å². The predicted octanol–water partition coefficient (Wildman–Crippen LogP) is 4.98. The first kappa shape index (κ1) is 73.3. The molecule has 2 heterocycles. The zero-order valence-electron chi connectivity index (χ0n) is 55.1. The van der Waals surface area contributed by atoms with E-state index in [9.17, 15) is 56.3 Å². The van der Waals surface area contributed by atoms with Crippen LogP contribution in [0.15, 0.2) is 0 Å². The van der Waals surface area contributed by atoms with Gasteiger partial charge in [-0.25, -0.2) is 0 Å². The fourth-order valence-electron chi connectivity index (χ4n) is 14.6. The van der Waals surface area contributed by atoms with Gasteiger partial charge in [-0.3, -0.25) is 52.7 Å². The molecule has 4 aliphatic carbocycles. The number of hydrogen-bond donors (Lipinski definition) is 4. The number of amides is 11. The van der Waals surface area contributed by atoms with Gasteiger partial charge in [0.1, 0.15) is 41.8 Å². The Bertz CT molecular complexity index is 2580. The first-order valence-corrected chi connectivity index (χ1v) is 33.5. The molecular formula is C64H103ClF3N11O11. The minimum Gasteiger partial charge on any atom is -0.351 e. The molecule has 0 bridgehead atoms. The molecule has 4 N–H and O–H groups in total. The molecule has 508 valence electrons. The number of nitrogens with zero attached hydrogens (tertiary/aromatic N) is 7. The molecule has 22 nitrogen and oxygen atoms in total. The fourth-order valence-corrected chi connectivity index (χ4v) is 15.1. The zero-order chi connectivity index (χ0) is 66.7. The van der Waals surface area contributed by atoms with Gasteiger partial charge < -0.3 is 55.6 Å². The maximum atomic E-state index is 15.0. The Morgan fingerprint density at radius 1 is 0.611 bits per heavy atom. The summed E-state index contributed by atoms with van der Waals surface area (Å²) in [4.78, 5) is 169. The number of carbonyl (C=O) groups is 11. The lowest BCUT2D eigenvalue weighted by Gasteiger charge is -2.40. The zero-order valence-corrected chi connectivity index (χ0v) is 55.9. The third-order valence-corrected chi connectivity index (χ3v) is 21.0. The number of alkyl halides is 4. The highest BCUT2D eigenvalue weighted by Crippen LogP contribution is 2.44. The normalized spacial score (nSPS) is 30.8. The van der Waals surface area contributed by atoms with Crippen molar-refractivity contribution in [2.24, 2.45) is 35.5 Å². The van der Waals surface area contributed by atoms with Gasteiger partial charge in [-0.05, 0) is 114 Å². The van der Waals surface area contributed by atoms with Crippen molar-refractivity contribution in [1.82, 2.24) is 55.6 Å². The Morgan fingerprint density at radius 2 is 1.24 bits per heavy atom. The van der Waals surface area contributed by atoms with Crippen LogP contribution in [0.4, 0.5) is 13.2 Å². The minimum absolute atomic E-state index is 0.0163. The molecule has 26 heteroatoms. The number of fused-ring (bicyclic) bond motifs is 1. The number of rotatable bonds is 9. The van der Waals surface area contributed by atoms with Crippen LogP contribution >= 0.6 is 11.6 Å². The Labute approximate surface area is 535 Å². The Hall–Kier alpha value is -5.75. The summed E-state index contributed by atoms with van der Waals surface area (Å²) in [6.45, 7) is 7.40. The lowest BCUT2D eigenvalue weighted by molar-refractivity contribution is -0.182. The van der Waals surface area contributed by atoms with Crippen LogP contribution in [-0.4, -0.2) is 227 Å². The fraction of sp³-hybridized carbons (Fsp3) is 0.828. The van der Waals surface area contributed by atoms with E-state index in [2.05, 4.69) is 21.3 Å². The van der Waals surface area contributed by atoms with Gasteiger partial charge in [0, 0.05) is 66.7 Å². The van der Waals surface area contributed by atoms with E-state index >= 15 is 9.59 Å². The van der Waals surface area contributed by atoms with Gasteiger partial charge in [0.05, 0.1) is 25.6 Å². The Morgan fingerprint density at radius 3 is 1.83 bits per heavy atom. The lowest BCUT2D eigenvalue weighted by Crippen LogP contribution is -2.64. The molecule has 6 aliphatic rings. The average Bonchev–Trinajstić information content (AvgIpc) is 1.86. The molecule has 2 saturated heterocycles. The van der Waals surface area contributed by atoms with Crippen LogP contribution in [-0.2, 0) is 52.7 Å². The average molecular weight is 1300 g/mol. The van der Waals surface area contributed by atoms with E-state index in [1.54, 1.807) is 27.7 Å². The summed E-state index contributed by atoms with van der Waals surface area (Å²) in [6.07, 6.45) is 4.89. The molecule has 0 aromatic heterocycles. The van der Waals surface area contributed by atoms with Gasteiger partial charge in [-0.1, -0.05) is 85.5 Å². The first-order valence-electron chi connectivity index (χ1n) is 33.1. The Balaban J connectivity index is 1.33. The van der Waals surface area contributed by atoms with Crippen molar-refractivity contribution in [2.45, 2.75) is 235 Å². The van der Waals surface area contributed by atoms with Gasteiger partial charge in [0.25, 0.3) is 0 Å². The number of carbonyl (C=O) groups excluding carboxylic acids is 11.